The van der Waals surface area contributed by atoms with Gasteiger partial charge in [0.25, 0.3) is 0 Å². The van der Waals surface area contributed by atoms with Gasteiger partial charge in [0.1, 0.15) is 0 Å². The maximum Gasteiger partial charge on any atom is 0.0465 e. The first-order chi connectivity index (χ1) is 25.6. The van der Waals surface area contributed by atoms with Crippen LogP contribution in [0.3, 0.4) is 0 Å². The van der Waals surface area contributed by atoms with E-state index in [4.69, 9.17) is 0 Å². The fourth-order valence-corrected chi connectivity index (χ4v) is 8.99. The second-order valence-corrected chi connectivity index (χ2v) is 15.2. The van der Waals surface area contributed by atoms with Crippen molar-refractivity contribution in [2.24, 2.45) is 0 Å². The molecule has 2 aliphatic rings. The van der Waals surface area contributed by atoms with Crippen LogP contribution in [0.5, 0.6) is 0 Å². The maximum absolute atomic E-state index is 2.48. The molecule has 1 fully saturated rings. The van der Waals surface area contributed by atoms with Crippen LogP contribution in [0.1, 0.15) is 68.6 Å². The zero-order valence-corrected chi connectivity index (χ0v) is 30.2. The summed E-state index contributed by atoms with van der Waals surface area (Å²) in [7, 11) is 0. The lowest BCUT2D eigenvalue weighted by molar-refractivity contribution is 0.443. The molecule has 52 heavy (non-hydrogen) atoms. The van der Waals surface area contributed by atoms with Gasteiger partial charge in [0.15, 0.2) is 0 Å². The van der Waals surface area contributed by atoms with Gasteiger partial charge in [0.2, 0.25) is 0 Å². The lowest BCUT2D eigenvalue weighted by Gasteiger charge is -2.30. The Hall–Kier alpha value is -5.66. The average molecular weight is 672 g/mol. The number of rotatable bonds is 7. The van der Waals surface area contributed by atoms with Crippen molar-refractivity contribution >= 4 is 17.1 Å². The molecule has 7 aromatic carbocycles. The molecule has 1 saturated carbocycles. The lowest BCUT2D eigenvalue weighted by Crippen LogP contribution is -2.16. The Balaban J connectivity index is 1.19. The standard InChI is InChI=1S/C51H45N/c1-51(2)48-27-13-12-24-46(48)47-33-32-43(35-49(47)51)52(42-23-14-22-40(34-42)36-16-6-3-7-17-36)41-30-28-39(29-31-41)50-44(37-18-8-4-9-19-37)25-15-26-45(50)38-20-10-5-11-21-38/h4-5,8-15,18-36H,3,6-7,16-17H2,1-2H3. The second kappa shape index (κ2) is 13.5. The first kappa shape index (κ1) is 32.3. The van der Waals surface area contributed by atoms with Crippen molar-refractivity contribution in [2.75, 3.05) is 4.90 Å². The highest BCUT2D eigenvalue weighted by Crippen LogP contribution is 2.51. The minimum absolute atomic E-state index is 0.0730. The van der Waals surface area contributed by atoms with E-state index in [0.717, 1.165) is 5.69 Å². The van der Waals surface area contributed by atoms with Crippen LogP contribution in [-0.4, -0.2) is 0 Å². The predicted molar refractivity (Wildman–Crippen MR) is 221 cm³/mol. The summed E-state index contributed by atoms with van der Waals surface area (Å²) in [5.74, 6) is 0.636. The molecule has 1 nitrogen and oxygen atoms in total. The molecule has 254 valence electrons. The number of hydrogen-bond acceptors (Lipinski definition) is 1. The Morgan fingerprint density at radius 3 is 1.67 bits per heavy atom. The zero-order valence-electron chi connectivity index (χ0n) is 30.2. The van der Waals surface area contributed by atoms with Crippen molar-refractivity contribution < 1.29 is 0 Å². The van der Waals surface area contributed by atoms with Gasteiger partial charge < -0.3 is 4.90 Å². The minimum atomic E-state index is -0.0730. The molecule has 0 spiro atoms. The summed E-state index contributed by atoms with van der Waals surface area (Å²) in [5.41, 5.74) is 17.9. The van der Waals surface area contributed by atoms with E-state index in [2.05, 4.69) is 189 Å². The van der Waals surface area contributed by atoms with Crippen LogP contribution in [0.2, 0.25) is 0 Å². The van der Waals surface area contributed by atoms with Crippen molar-refractivity contribution in [3.63, 3.8) is 0 Å². The van der Waals surface area contributed by atoms with E-state index in [1.807, 2.05) is 0 Å². The van der Waals surface area contributed by atoms with E-state index in [9.17, 15) is 0 Å². The summed E-state index contributed by atoms with van der Waals surface area (Å²) in [5, 5.41) is 0. The molecule has 2 aliphatic carbocycles. The second-order valence-electron chi connectivity index (χ2n) is 15.2. The van der Waals surface area contributed by atoms with Crippen LogP contribution >= 0.6 is 0 Å². The van der Waals surface area contributed by atoms with Crippen molar-refractivity contribution in [3.05, 3.63) is 187 Å². The SMILES string of the molecule is CC1(C)c2ccccc2-c2ccc(N(c3ccc(-c4c(-c5ccccc5)cccc4-c4ccccc4)cc3)c3cccc(C4CCCCC4)c3)cc21. The molecule has 0 saturated heterocycles. The Kier molecular flexibility index (Phi) is 8.36. The fraction of sp³-hybridized carbons (Fsp3) is 0.176. The summed E-state index contributed by atoms with van der Waals surface area (Å²) < 4.78 is 0. The molecule has 7 aromatic rings. The molecule has 0 heterocycles. The number of fused-ring (bicyclic) bond motifs is 3. The highest BCUT2D eigenvalue weighted by atomic mass is 15.1. The van der Waals surface area contributed by atoms with Gasteiger partial charge in [-0.05, 0) is 116 Å². The monoisotopic (exact) mass is 671 g/mol. The fourth-order valence-electron chi connectivity index (χ4n) is 8.99. The Morgan fingerprint density at radius 2 is 0.981 bits per heavy atom. The highest BCUT2D eigenvalue weighted by molar-refractivity contribution is 5.95. The third-order valence-electron chi connectivity index (χ3n) is 11.7. The minimum Gasteiger partial charge on any atom is -0.310 e. The molecule has 0 atom stereocenters. The Bertz CT molecular complexity index is 2290. The largest absolute Gasteiger partial charge is 0.310 e. The van der Waals surface area contributed by atoms with Gasteiger partial charge in [-0.1, -0.05) is 167 Å². The van der Waals surface area contributed by atoms with Crippen LogP contribution in [0.15, 0.2) is 170 Å². The van der Waals surface area contributed by atoms with Crippen LogP contribution in [-0.2, 0) is 5.41 Å². The number of nitrogens with zero attached hydrogens (tertiary/aromatic N) is 1. The smallest absolute Gasteiger partial charge is 0.0465 e. The van der Waals surface area contributed by atoms with Gasteiger partial charge in [-0.25, -0.2) is 0 Å². The molecule has 0 N–H and O–H groups in total. The Labute approximate surface area is 309 Å². The molecule has 0 radical (unpaired) electrons. The summed E-state index contributed by atoms with van der Waals surface area (Å²) in [6.45, 7) is 4.75. The quantitative estimate of drug-likeness (QED) is 0.163. The lowest BCUT2D eigenvalue weighted by atomic mass is 9.82. The Morgan fingerprint density at radius 1 is 0.423 bits per heavy atom. The molecular formula is C51H45N. The number of benzene rings is 7. The van der Waals surface area contributed by atoms with Gasteiger partial charge in [-0.3, -0.25) is 0 Å². The summed E-state index contributed by atoms with van der Waals surface area (Å²) in [6.07, 6.45) is 6.59. The van der Waals surface area contributed by atoms with E-state index >= 15 is 0 Å². The van der Waals surface area contributed by atoms with E-state index < -0.39 is 0 Å². The van der Waals surface area contributed by atoms with Crippen LogP contribution in [0.25, 0.3) is 44.5 Å². The molecular weight excluding hydrogens is 627 g/mol. The van der Waals surface area contributed by atoms with Crippen molar-refractivity contribution in [1.82, 2.24) is 0 Å². The molecule has 1 heteroatoms. The summed E-state index contributed by atoms with van der Waals surface area (Å²) >= 11 is 0. The average Bonchev–Trinajstić information content (AvgIpc) is 3.44. The zero-order chi connectivity index (χ0) is 35.1. The van der Waals surface area contributed by atoms with Gasteiger partial charge in [-0.15, -0.1) is 0 Å². The van der Waals surface area contributed by atoms with E-state index in [1.54, 1.807) is 0 Å². The van der Waals surface area contributed by atoms with Gasteiger partial charge in [-0.2, -0.15) is 0 Å². The number of hydrogen-bond donors (Lipinski definition) is 0. The molecule has 0 amide bonds. The van der Waals surface area contributed by atoms with Crippen molar-refractivity contribution in [3.8, 4) is 44.5 Å². The maximum atomic E-state index is 2.48. The molecule has 9 rings (SSSR count). The number of anilines is 3. The topological polar surface area (TPSA) is 3.24 Å². The van der Waals surface area contributed by atoms with E-state index in [-0.39, 0.29) is 5.41 Å². The van der Waals surface area contributed by atoms with E-state index in [1.165, 1.54) is 105 Å². The first-order valence-corrected chi connectivity index (χ1v) is 19.0. The highest BCUT2D eigenvalue weighted by Gasteiger charge is 2.35. The summed E-state index contributed by atoms with van der Waals surface area (Å²) in [4.78, 5) is 2.48. The van der Waals surface area contributed by atoms with Gasteiger partial charge in [0, 0.05) is 22.5 Å². The molecule has 0 unspecified atom stereocenters. The van der Waals surface area contributed by atoms with Crippen molar-refractivity contribution in [1.29, 1.82) is 0 Å². The van der Waals surface area contributed by atoms with Crippen molar-refractivity contribution in [2.45, 2.75) is 57.3 Å². The van der Waals surface area contributed by atoms with Gasteiger partial charge >= 0.3 is 0 Å². The molecule has 0 aliphatic heterocycles. The van der Waals surface area contributed by atoms with Crippen LogP contribution in [0.4, 0.5) is 17.1 Å². The van der Waals surface area contributed by atoms with Crippen LogP contribution < -0.4 is 4.90 Å². The van der Waals surface area contributed by atoms with Crippen LogP contribution in [0, 0.1) is 0 Å². The van der Waals surface area contributed by atoms with E-state index in [0.29, 0.717) is 5.92 Å². The summed E-state index contributed by atoms with van der Waals surface area (Å²) in [6, 6.07) is 63.1. The normalized spacial score (nSPS) is 14.8. The third-order valence-corrected chi connectivity index (χ3v) is 11.7. The predicted octanol–water partition coefficient (Wildman–Crippen LogP) is 14.5. The van der Waals surface area contributed by atoms with Gasteiger partial charge in [0.05, 0.1) is 0 Å². The first-order valence-electron chi connectivity index (χ1n) is 19.0. The molecule has 0 aromatic heterocycles. The third kappa shape index (κ3) is 5.75. The molecule has 0 bridgehead atoms.